The molecule has 0 aromatic rings. The van der Waals surface area contributed by atoms with E-state index in [2.05, 4.69) is 33.1 Å². The zero-order valence-corrected chi connectivity index (χ0v) is 8.95. The van der Waals surface area contributed by atoms with Crippen molar-refractivity contribution in [3.63, 3.8) is 0 Å². The Hall–Kier alpha value is -0.170. The molecule has 12 heavy (non-hydrogen) atoms. The molecule has 0 radical (unpaired) electrons. The maximum atomic E-state index is 4.49. The van der Waals surface area contributed by atoms with Crippen LogP contribution in [0.1, 0.15) is 39.5 Å². The highest BCUT2D eigenvalue weighted by atomic mass is 32.1. The summed E-state index contributed by atoms with van der Waals surface area (Å²) in [6.45, 7) is 8.47. The molecule has 0 nitrogen and oxygen atoms in total. The molecule has 0 amide bonds. The second kappa shape index (κ2) is 4.18. The molecule has 0 aromatic heterocycles. The van der Waals surface area contributed by atoms with Gasteiger partial charge < -0.3 is 0 Å². The van der Waals surface area contributed by atoms with Gasteiger partial charge in [0.05, 0.1) is 0 Å². The van der Waals surface area contributed by atoms with Gasteiger partial charge >= 0.3 is 0 Å². The Balaban J connectivity index is 2.60. The third-order valence-electron chi connectivity index (χ3n) is 2.83. The lowest BCUT2D eigenvalue weighted by atomic mass is 9.84. The molecule has 1 heteroatoms. The first kappa shape index (κ1) is 9.91. The van der Waals surface area contributed by atoms with E-state index in [1.165, 1.54) is 28.9 Å². The first-order valence-corrected chi connectivity index (χ1v) is 5.15. The van der Waals surface area contributed by atoms with Crippen LogP contribution in [0.2, 0.25) is 0 Å². The summed E-state index contributed by atoms with van der Waals surface area (Å²) in [6, 6.07) is 0. The normalized spacial score (nSPS) is 24.4. The van der Waals surface area contributed by atoms with Gasteiger partial charge in [-0.15, -0.1) is 12.6 Å². The molecule has 1 aliphatic rings. The topological polar surface area (TPSA) is 0 Å². The molecule has 1 atom stereocenters. The number of allylic oxidation sites excluding steroid dienone is 3. The lowest BCUT2D eigenvalue weighted by Gasteiger charge is -2.24. The van der Waals surface area contributed by atoms with E-state index in [-0.39, 0.29) is 0 Å². The van der Waals surface area contributed by atoms with Crippen LogP contribution < -0.4 is 0 Å². The van der Waals surface area contributed by atoms with Crippen molar-refractivity contribution in [2.45, 2.75) is 39.5 Å². The van der Waals surface area contributed by atoms with E-state index >= 15 is 0 Å². The van der Waals surface area contributed by atoms with Crippen LogP contribution in [-0.4, -0.2) is 0 Å². The first-order chi connectivity index (χ1) is 5.65. The summed E-state index contributed by atoms with van der Waals surface area (Å²) in [5, 5.41) is 0. The number of hydrogen-bond acceptors (Lipinski definition) is 1. The fourth-order valence-corrected chi connectivity index (χ4v) is 2.01. The molecule has 1 rings (SSSR count). The van der Waals surface area contributed by atoms with Crippen LogP contribution in [0, 0.1) is 5.92 Å². The summed E-state index contributed by atoms with van der Waals surface area (Å²) >= 11 is 4.49. The molecule has 0 saturated carbocycles. The van der Waals surface area contributed by atoms with E-state index in [0.29, 0.717) is 5.92 Å². The molecule has 0 aliphatic heterocycles. The molecule has 0 heterocycles. The third-order valence-corrected chi connectivity index (χ3v) is 3.40. The third kappa shape index (κ3) is 2.16. The molecule has 0 spiro atoms. The van der Waals surface area contributed by atoms with E-state index in [1.54, 1.807) is 0 Å². The Bertz CT molecular complexity index is 213. The predicted molar refractivity (Wildman–Crippen MR) is 58.5 cm³/mol. The van der Waals surface area contributed by atoms with E-state index in [4.69, 9.17) is 0 Å². The van der Waals surface area contributed by atoms with Crippen LogP contribution in [0.4, 0.5) is 0 Å². The summed E-state index contributed by atoms with van der Waals surface area (Å²) in [4.78, 5) is 1.29. The van der Waals surface area contributed by atoms with Crippen molar-refractivity contribution in [1.82, 2.24) is 0 Å². The van der Waals surface area contributed by atoms with E-state index < -0.39 is 0 Å². The molecular formula is C11H18S. The van der Waals surface area contributed by atoms with Gasteiger partial charge in [-0.2, -0.15) is 0 Å². The molecule has 0 N–H and O–H groups in total. The van der Waals surface area contributed by atoms with Gasteiger partial charge in [-0.25, -0.2) is 0 Å². The Labute approximate surface area is 81.2 Å². The Kier molecular flexibility index (Phi) is 3.45. The fourth-order valence-electron chi connectivity index (χ4n) is 1.68. The SMILES string of the molecule is C=C(CC)C1CCC(C)=C(S)C1. The van der Waals surface area contributed by atoms with Crippen LogP contribution in [0.25, 0.3) is 0 Å². The van der Waals surface area contributed by atoms with Crippen LogP contribution in [0.3, 0.4) is 0 Å². The molecule has 0 aromatic carbocycles. The molecule has 68 valence electrons. The first-order valence-electron chi connectivity index (χ1n) is 4.70. The van der Waals surface area contributed by atoms with Gasteiger partial charge in [-0.05, 0) is 43.4 Å². The minimum Gasteiger partial charge on any atom is -0.148 e. The molecule has 1 unspecified atom stereocenters. The van der Waals surface area contributed by atoms with Crippen molar-refractivity contribution in [2.75, 3.05) is 0 Å². The highest BCUT2D eigenvalue weighted by Gasteiger charge is 2.18. The number of hydrogen-bond donors (Lipinski definition) is 1. The molecule has 0 saturated heterocycles. The van der Waals surface area contributed by atoms with Gasteiger partial charge in [0.25, 0.3) is 0 Å². The Morgan fingerprint density at radius 3 is 2.83 bits per heavy atom. The molecule has 0 fully saturated rings. The summed E-state index contributed by atoms with van der Waals surface area (Å²) in [5.74, 6) is 0.700. The maximum Gasteiger partial charge on any atom is -0.0156 e. The van der Waals surface area contributed by atoms with Crippen LogP contribution >= 0.6 is 12.6 Å². The summed E-state index contributed by atoms with van der Waals surface area (Å²) in [5.41, 5.74) is 2.87. The van der Waals surface area contributed by atoms with Crippen LogP contribution in [-0.2, 0) is 0 Å². The smallest absolute Gasteiger partial charge is 0.0156 e. The van der Waals surface area contributed by atoms with Crippen molar-refractivity contribution in [3.8, 4) is 0 Å². The predicted octanol–water partition coefficient (Wildman–Crippen LogP) is 3.96. The van der Waals surface area contributed by atoms with E-state index in [1.807, 2.05) is 0 Å². The van der Waals surface area contributed by atoms with Crippen LogP contribution in [0.15, 0.2) is 22.6 Å². The second-order valence-corrected chi connectivity index (χ2v) is 4.22. The van der Waals surface area contributed by atoms with E-state index in [9.17, 15) is 0 Å². The van der Waals surface area contributed by atoms with Gasteiger partial charge in [0.15, 0.2) is 0 Å². The van der Waals surface area contributed by atoms with E-state index in [0.717, 1.165) is 12.8 Å². The summed E-state index contributed by atoms with van der Waals surface area (Å²) in [7, 11) is 0. The van der Waals surface area contributed by atoms with Gasteiger partial charge in [0.1, 0.15) is 0 Å². The lowest BCUT2D eigenvalue weighted by molar-refractivity contribution is 0.524. The minimum atomic E-state index is 0.700. The van der Waals surface area contributed by atoms with Crippen LogP contribution in [0.5, 0.6) is 0 Å². The summed E-state index contributed by atoms with van der Waals surface area (Å²) < 4.78 is 0. The van der Waals surface area contributed by atoms with Crippen molar-refractivity contribution >= 4 is 12.6 Å². The average Bonchev–Trinajstić information content (AvgIpc) is 2.08. The largest absolute Gasteiger partial charge is 0.148 e. The van der Waals surface area contributed by atoms with Crippen molar-refractivity contribution in [3.05, 3.63) is 22.6 Å². The minimum absolute atomic E-state index is 0.700. The van der Waals surface area contributed by atoms with Crippen molar-refractivity contribution < 1.29 is 0 Å². The van der Waals surface area contributed by atoms with Gasteiger partial charge in [0, 0.05) is 0 Å². The standard InChI is InChI=1S/C11H18S/c1-4-8(2)10-6-5-9(3)11(12)7-10/h10,12H,2,4-7H2,1,3H3. The molecule has 0 bridgehead atoms. The highest BCUT2D eigenvalue weighted by Crippen LogP contribution is 2.35. The summed E-state index contributed by atoms with van der Waals surface area (Å²) in [6.07, 6.45) is 4.73. The number of rotatable bonds is 2. The fraction of sp³-hybridized carbons (Fsp3) is 0.636. The van der Waals surface area contributed by atoms with Gasteiger partial charge in [-0.1, -0.05) is 24.6 Å². The van der Waals surface area contributed by atoms with Gasteiger partial charge in [-0.3, -0.25) is 0 Å². The maximum absolute atomic E-state index is 4.49. The zero-order valence-electron chi connectivity index (χ0n) is 8.06. The molecule has 1 aliphatic carbocycles. The second-order valence-electron chi connectivity index (χ2n) is 3.68. The average molecular weight is 182 g/mol. The van der Waals surface area contributed by atoms with Crippen molar-refractivity contribution in [1.29, 1.82) is 0 Å². The Morgan fingerprint density at radius 2 is 2.33 bits per heavy atom. The lowest BCUT2D eigenvalue weighted by Crippen LogP contribution is -2.09. The molecular weight excluding hydrogens is 164 g/mol. The highest BCUT2D eigenvalue weighted by molar-refractivity contribution is 7.84. The monoisotopic (exact) mass is 182 g/mol. The number of thiol groups is 1. The van der Waals surface area contributed by atoms with Gasteiger partial charge in [0.2, 0.25) is 0 Å². The Morgan fingerprint density at radius 1 is 1.67 bits per heavy atom. The zero-order chi connectivity index (χ0) is 9.14. The quantitative estimate of drug-likeness (QED) is 0.485. The van der Waals surface area contributed by atoms with Crippen molar-refractivity contribution in [2.24, 2.45) is 5.92 Å².